The molecule has 0 saturated carbocycles. The zero-order chi connectivity index (χ0) is 13.1. The average molecular weight is 238 g/mol. The smallest absolute Gasteiger partial charge is 0.242 e. The number of amides is 1. The summed E-state index contributed by atoms with van der Waals surface area (Å²) in [4.78, 5) is 16.0. The molecule has 0 aromatic carbocycles. The van der Waals surface area contributed by atoms with Gasteiger partial charge < -0.3 is 15.2 Å². The van der Waals surface area contributed by atoms with E-state index in [-0.39, 0.29) is 17.5 Å². The summed E-state index contributed by atoms with van der Waals surface area (Å²) in [6.45, 7) is 8.55. The van der Waals surface area contributed by atoms with Gasteiger partial charge in [-0.1, -0.05) is 0 Å². The zero-order valence-electron chi connectivity index (χ0n) is 11.2. The van der Waals surface area contributed by atoms with Gasteiger partial charge in [0.25, 0.3) is 0 Å². The van der Waals surface area contributed by atoms with Gasteiger partial charge in [-0.2, -0.15) is 0 Å². The van der Waals surface area contributed by atoms with Crippen LogP contribution in [0.3, 0.4) is 0 Å². The second kappa shape index (κ2) is 5.31. The lowest BCUT2D eigenvalue weighted by Gasteiger charge is -2.27. The van der Waals surface area contributed by atoms with E-state index >= 15 is 0 Å². The van der Waals surface area contributed by atoms with Gasteiger partial charge in [0, 0.05) is 6.54 Å². The molecule has 0 aliphatic carbocycles. The fourth-order valence-corrected chi connectivity index (χ4v) is 1.67. The number of likely N-dealkylation sites (N-methyl/N-ethyl adjacent to an activating group) is 1. The minimum absolute atomic E-state index is 0.0126. The number of nitrogens with zero attached hydrogens (tertiary/aromatic N) is 2. The molecule has 0 aliphatic heterocycles. The van der Waals surface area contributed by atoms with Crippen LogP contribution in [0.25, 0.3) is 0 Å². The summed E-state index contributed by atoms with van der Waals surface area (Å²) in [5.74, 6) is 0.0126. The molecule has 2 N–H and O–H groups in total. The zero-order valence-corrected chi connectivity index (χ0v) is 11.2. The first-order valence-electron chi connectivity index (χ1n) is 5.93. The van der Waals surface area contributed by atoms with Gasteiger partial charge in [0.05, 0.1) is 23.8 Å². The van der Waals surface area contributed by atoms with E-state index in [1.54, 1.807) is 12.5 Å². The number of imidazole rings is 1. The molecule has 0 fully saturated rings. The summed E-state index contributed by atoms with van der Waals surface area (Å²) >= 11 is 0. The third-order valence-electron chi connectivity index (χ3n) is 3.08. The minimum atomic E-state index is -0.250. The van der Waals surface area contributed by atoms with Crippen LogP contribution in [0.5, 0.6) is 0 Å². The predicted molar refractivity (Wildman–Crippen MR) is 67.7 cm³/mol. The fourth-order valence-electron chi connectivity index (χ4n) is 1.67. The molecule has 1 aromatic heterocycles. The molecule has 0 saturated heterocycles. The summed E-state index contributed by atoms with van der Waals surface area (Å²) in [5, 5.41) is 6.04. The normalized spacial score (nSPS) is 13.5. The molecule has 5 nitrogen and oxygen atoms in total. The van der Waals surface area contributed by atoms with Crippen LogP contribution in [0.4, 0.5) is 0 Å². The van der Waals surface area contributed by atoms with Crippen molar-refractivity contribution in [3.05, 3.63) is 18.2 Å². The van der Waals surface area contributed by atoms with Crippen LogP contribution in [0.15, 0.2) is 12.5 Å². The van der Waals surface area contributed by atoms with Crippen LogP contribution in [-0.4, -0.2) is 29.1 Å². The Bertz CT molecular complexity index is 384. The second-order valence-corrected chi connectivity index (χ2v) is 4.63. The van der Waals surface area contributed by atoms with Gasteiger partial charge in [0.15, 0.2) is 0 Å². The summed E-state index contributed by atoms with van der Waals surface area (Å²) in [6, 6.07) is -0.250. The van der Waals surface area contributed by atoms with E-state index in [1.807, 2.05) is 25.5 Å². The van der Waals surface area contributed by atoms with Crippen molar-refractivity contribution in [2.24, 2.45) is 0 Å². The fraction of sp³-hybridized carbons (Fsp3) is 0.667. The largest absolute Gasteiger partial charge is 0.355 e. The first-order chi connectivity index (χ1) is 7.94. The molecule has 0 aliphatic rings. The third kappa shape index (κ3) is 2.85. The second-order valence-electron chi connectivity index (χ2n) is 4.63. The Kier molecular flexibility index (Phi) is 4.28. The number of carbonyl (C=O) groups is 1. The van der Waals surface area contributed by atoms with Crippen molar-refractivity contribution in [2.75, 3.05) is 13.6 Å². The molecule has 5 heteroatoms. The van der Waals surface area contributed by atoms with Crippen molar-refractivity contribution >= 4 is 5.91 Å². The maximum atomic E-state index is 11.8. The maximum Gasteiger partial charge on any atom is 0.242 e. The Labute approximate surface area is 103 Å². The minimum Gasteiger partial charge on any atom is -0.355 e. The molecular weight excluding hydrogens is 216 g/mol. The quantitative estimate of drug-likeness (QED) is 0.805. The number of carbonyl (C=O) groups excluding carboxylic acids is 1. The molecule has 1 unspecified atom stereocenters. The molecule has 0 spiro atoms. The molecule has 1 rings (SSSR count). The summed E-state index contributed by atoms with van der Waals surface area (Å²) in [7, 11) is 1.90. The SMILES string of the molecule is CCNC(=O)C(C)n1cncc1C(C)(C)NC. The molecule has 96 valence electrons. The molecule has 0 radical (unpaired) electrons. The summed E-state index contributed by atoms with van der Waals surface area (Å²) in [6.07, 6.45) is 3.50. The van der Waals surface area contributed by atoms with Crippen molar-refractivity contribution in [1.29, 1.82) is 0 Å². The van der Waals surface area contributed by atoms with Crippen molar-refractivity contribution in [2.45, 2.75) is 39.3 Å². The predicted octanol–water partition coefficient (Wildman–Crippen LogP) is 1.03. The van der Waals surface area contributed by atoms with Gasteiger partial charge in [-0.3, -0.25) is 4.79 Å². The van der Waals surface area contributed by atoms with Gasteiger partial charge in [0.1, 0.15) is 6.04 Å². The van der Waals surface area contributed by atoms with Gasteiger partial charge in [-0.25, -0.2) is 4.98 Å². The van der Waals surface area contributed by atoms with E-state index in [2.05, 4.69) is 29.5 Å². The van der Waals surface area contributed by atoms with E-state index in [9.17, 15) is 4.79 Å². The van der Waals surface area contributed by atoms with Crippen molar-refractivity contribution < 1.29 is 4.79 Å². The first-order valence-corrected chi connectivity index (χ1v) is 5.93. The highest BCUT2D eigenvalue weighted by Crippen LogP contribution is 2.22. The van der Waals surface area contributed by atoms with Crippen LogP contribution in [0.2, 0.25) is 0 Å². The van der Waals surface area contributed by atoms with E-state index in [4.69, 9.17) is 0 Å². The van der Waals surface area contributed by atoms with Crippen molar-refractivity contribution in [1.82, 2.24) is 20.2 Å². The Morgan fingerprint density at radius 3 is 2.76 bits per heavy atom. The third-order valence-corrected chi connectivity index (χ3v) is 3.08. The summed E-state index contributed by atoms with van der Waals surface area (Å²) < 4.78 is 1.90. The number of rotatable bonds is 5. The molecule has 1 aromatic rings. The number of aromatic nitrogens is 2. The van der Waals surface area contributed by atoms with E-state index < -0.39 is 0 Å². The topological polar surface area (TPSA) is 59.0 Å². The lowest BCUT2D eigenvalue weighted by molar-refractivity contribution is -0.123. The van der Waals surface area contributed by atoms with Gasteiger partial charge in [-0.05, 0) is 34.7 Å². The number of nitrogens with one attached hydrogen (secondary N) is 2. The monoisotopic (exact) mass is 238 g/mol. The molecule has 17 heavy (non-hydrogen) atoms. The van der Waals surface area contributed by atoms with Gasteiger partial charge in [0.2, 0.25) is 5.91 Å². The Morgan fingerprint density at radius 1 is 1.59 bits per heavy atom. The average Bonchev–Trinajstić information content (AvgIpc) is 2.77. The lowest BCUT2D eigenvalue weighted by Crippen LogP contribution is -2.38. The standard InChI is InChI=1S/C12H22N4O/c1-6-15-11(17)9(2)16-8-14-7-10(16)12(3,4)13-5/h7-9,13H,6H2,1-5H3,(H,15,17). The van der Waals surface area contributed by atoms with Crippen molar-refractivity contribution in [3.63, 3.8) is 0 Å². The highest BCUT2D eigenvalue weighted by atomic mass is 16.2. The Hall–Kier alpha value is -1.36. The molecule has 1 atom stereocenters. The van der Waals surface area contributed by atoms with Crippen molar-refractivity contribution in [3.8, 4) is 0 Å². The molecule has 1 amide bonds. The van der Waals surface area contributed by atoms with E-state index in [1.165, 1.54) is 0 Å². The van der Waals surface area contributed by atoms with Crippen LogP contribution in [0.1, 0.15) is 39.4 Å². The van der Waals surface area contributed by atoms with Crippen LogP contribution in [0, 0.1) is 0 Å². The Morgan fingerprint density at radius 2 is 2.24 bits per heavy atom. The van der Waals surface area contributed by atoms with Crippen LogP contribution >= 0.6 is 0 Å². The highest BCUT2D eigenvalue weighted by molar-refractivity contribution is 5.79. The lowest BCUT2D eigenvalue weighted by atomic mass is 10.0. The highest BCUT2D eigenvalue weighted by Gasteiger charge is 2.26. The van der Waals surface area contributed by atoms with Crippen LogP contribution in [-0.2, 0) is 10.3 Å². The Balaban J connectivity index is 3.00. The van der Waals surface area contributed by atoms with Crippen LogP contribution < -0.4 is 10.6 Å². The van der Waals surface area contributed by atoms with Gasteiger partial charge >= 0.3 is 0 Å². The number of hydrogen-bond donors (Lipinski definition) is 2. The molecule has 0 bridgehead atoms. The number of hydrogen-bond acceptors (Lipinski definition) is 3. The molecule has 1 heterocycles. The van der Waals surface area contributed by atoms with E-state index in [0.717, 1.165) is 5.69 Å². The first kappa shape index (κ1) is 13.7. The summed E-state index contributed by atoms with van der Waals surface area (Å²) in [5.41, 5.74) is 0.788. The van der Waals surface area contributed by atoms with Gasteiger partial charge in [-0.15, -0.1) is 0 Å². The van der Waals surface area contributed by atoms with E-state index in [0.29, 0.717) is 6.54 Å². The molecular formula is C12H22N4O. The maximum absolute atomic E-state index is 11.8.